The average Bonchev–Trinajstić information content (AvgIpc) is 3.34. The SMILES string of the molecule is Nc1ncnc2c1ncn2[C@@H]1O[C@@H]2CO[P@@](=O)(OCc3ccccc3[N+](=O)[O-])O[C@H]2[C@H]1O. The van der Waals surface area contributed by atoms with Gasteiger partial charge in [0.1, 0.15) is 30.2 Å². The second-order valence-corrected chi connectivity index (χ2v) is 8.73. The molecule has 0 amide bonds. The Hall–Kier alpha value is -3.00. The monoisotopic (exact) mass is 464 g/mol. The average molecular weight is 464 g/mol. The van der Waals surface area contributed by atoms with Crippen LogP contribution in [0.15, 0.2) is 36.9 Å². The van der Waals surface area contributed by atoms with Crippen LogP contribution in [0.4, 0.5) is 11.5 Å². The van der Waals surface area contributed by atoms with E-state index in [1.54, 1.807) is 6.07 Å². The first-order valence-electron chi connectivity index (χ1n) is 9.42. The number of para-hydroxylation sites is 1. The first-order chi connectivity index (χ1) is 15.4. The van der Waals surface area contributed by atoms with Crippen molar-refractivity contribution in [3.63, 3.8) is 0 Å². The first-order valence-corrected chi connectivity index (χ1v) is 10.9. The zero-order valence-electron chi connectivity index (χ0n) is 16.3. The van der Waals surface area contributed by atoms with Crippen molar-refractivity contribution in [3.8, 4) is 0 Å². The molecule has 2 saturated heterocycles. The van der Waals surface area contributed by atoms with Crippen molar-refractivity contribution in [1.29, 1.82) is 0 Å². The number of anilines is 1. The molecule has 5 atom stereocenters. The summed E-state index contributed by atoms with van der Waals surface area (Å²) < 4.78 is 36.3. The van der Waals surface area contributed by atoms with Crippen LogP contribution in [-0.4, -0.2) is 54.5 Å². The molecule has 1 aromatic carbocycles. The van der Waals surface area contributed by atoms with Gasteiger partial charge in [0.05, 0.1) is 30.0 Å². The summed E-state index contributed by atoms with van der Waals surface area (Å²) in [4.78, 5) is 22.7. The van der Waals surface area contributed by atoms with Crippen LogP contribution < -0.4 is 5.73 Å². The zero-order valence-corrected chi connectivity index (χ0v) is 17.1. The summed E-state index contributed by atoms with van der Waals surface area (Å²) in [6.45, 7) is -0.565. The van der Waals surface area contributed by atoms with Gasteiger partial charge in [-0.25, -0.2) is 19.5 Å². The molecular formula is C17H17N6O8P. The van der Waals surface area contributed by atoms with E-state index in [0.717, 1.165) is 0 Å². The van der Waals surface area contributed by atoms with Crippen LogP contribution in [0.1, 0.15) is 11.8 Å². The molecule has 2 aliphatic rings. The van der Waals surface area contributed by atoms with E-state index in [4.69, 9.17) is 24.0 Å². The molecule has 4 heterocycles. The third-order valence-electron chi connectivity index (χ3n) is 5.18. The van der Waals surface area contributed by atoms with Crippen molar-refractivity contribution in [2.45, 2.75) is 31.1 Å². The summed E-state index contributed by atoms with van der Waals surface area (Å²) in [5.74, 6) is 0.172. The fourth-order valence-corrected chi connectivity index (χ4v) is 5.02. The van der Waals surface area contributed by atoms with E-state index >= 15 is 0 Å². The molecule has 0 aliphatic carbocycles. The summed E-state index contributed by atoms with van der Waals surface area (Å²) in [6.07, 6.45) is -1.36. The molecule has 32 heavy (non-hydrogen) atoms. The molecule has 15 heteroatoms. The van der Waals surface area contributed by atoms with Crippen LogP contribution >= 0.6 is 7.82 Å². The highest BCUT2D eigenvalue weighted by Crippen LogP contribution is 2.57. The second-order valence-electron chi connectivity index (χ2n) is 7.11. The van der Waals surface area contributed by atoms with E-state index in [0.29, 0.717) is 11.2 Å². The maximum absolute atomic E-state index is 13.0. The van der Waals surface area contributed by atoms with Crippen molar-refractivity contribution in [2.75, 3.05) is 12.3 Å². The number of hydrogen-bond acceptors (Lipinski definition) is 12. The van der Waals surface area contributed by atoms with E-state index in [9.17, 15) is 19.8 Å². The summed E-state index contributed by atoms with van der Waals surface area (Å²) in [7, 11) is -4.13. The predicted molar refractivity (Wildman–Crippen MR) is 106 cm³/mol. The van der Waals surface area contributed by atoms with E-state index in [1.165, 1.54) is 35.4 Å². The molecule has 0 unspecified atom stereocenters. The third-order valence-corrected chi connectivity index (χ3v) is 6.60. The molecule has 14 nitrogen and oxygen atoms in total. The zero-order chi connectivity index (χ0) is 22.5. The molecule has 3 aromatic rings. The molecule has 2 fully saturated rings. The number of fused-ring (bicyclic) bond motifs is 2. The number of nitro benzene ring substituents is 1. The van der Waals surface area contributed by atoms with Gasteiger partial charge in [0.2, 0.25) is 0 Å². The van der Waals surface area contributed by atoms with Crippen molar-refractivity contribution in [3.05, 3.63) is 52.6 Å². The van der Waals surface area contributed by atoms with Crippen molar-refractivity contribution >= 4 is 30.5 Å². The van der Waals surface area contributed by atoms with Gasteiger partial charge in [-0.05, 0) is 6.07 Å². The number of nitrogens with zero attached hydrogens (tertiary/aromatic N) is 5. The number of nitrogen functional groups attached to an aromatic ring is 1. The van der Waals surface area contributed by atoms with Crippen LogP contribution in [-0.2, 0) is 29.5 Å². The minimum Gasteiger partial charge on any atom is -0.386 e. The van der Waals surface area contributed by atoms with Gasteiger partial charge in [0, 0.05) is 6.07 Å². The van der Waals surface area contributed by atoms with E-state index in [1.807, 2.05) is 0 Å². The fourth-order valence-electron chi connectivity index (χ4n) is 3.64. The van der Waals surface area contributed by atoms with Gasteiger partial charge in [0.15, 0.2) is 17.7 Å². The smallest absolute Gasteiger partial charge is 0.386 e. The van der Waals surface area contributed by atoms with E-state index in [-0.39, 0.29) is 30.3 Å². The molecule has 0 spiro atoms. The fraction of sp³-hybridized carbons (Fsp3) is 0.353. The Labute approximate surface area is 179 Å². The Balaban J connectivity index is 1.33. The maximum atomic E-state index is 13.0. The number of aliphatic hydroxyl groups excluding tert-OH is 1. The van der Waals surface area contributed by atoms with Crippen LogP contribution in [0.3, 0.4) is 0 Å². The van der Waals surface area contributed by atoms with Gasteiger partial charge in [-0.1, -0.05) is 12.1 Å². The maximum Gasteiger partial charge on any atom is 0.475 e. The molecule has 5 rings (SSSR count). The van der Waals surface area contributed by atoms with Gasteiger partial charge in [-0.15, -0.1) is 0 Å². The molecule has 0 radical (unpaired) electrons. The Morgan fingerprint density at radius 1 is 1.34 bits per heavy atom. The van der Waals surface area contributed by atoms with E-state index < -0.39 is 37.3 Å². The van der Waals surface area contributed by atoms with Crippen LogP contribution in [0.2, 0.25) is 0 Å². The molecule has 2 aliphatic heterocycles. The summed E-state index contributed by atoms with van der Waals surface area (Å²) in [5.41, 5.74) is 6.49. The summed E-state index contributed by atoms with van der Waals surface area (Å²) >= 11 is 0. The lowest BCUT2D eigenvalue weighted by Gasteiger charge is -2.30. The lowest BCUT2D eigenvalue weighted by atomic mass is 10.1. The predicted octanol–water partition coefficient (Wildman–Crippen LogP) is 1.32. The molecule has 0 bridgehead atoms. The van der Waals surface area contributed by atoms with Crippen LogP contribution in [0.25, 0.3) is 11.2 Å². The topological polar surface area (TPSA) is 187 Å². The normalized spacial score (nSPS) is 29.8. The van der Waals surface area contributed by atoms with Gasteiger partial charge in [-0.3, -0.25) is 28.3 Å². The Morgan fingerprint density at radius 3 is 2.97 bits per heavy atom. The summed E-state index contributed by atoms with van der Waals surface area (Å²) in [6, 6.07) is 5.87. The number of aliphatic hydroxyl groups is 1. The number of rotatable bonds is 5. The van der Waals surface area contributed by atoms with Crippen molar-refractivity contribution in [1.82, 2.24) is 19.5 Å². The Morgan fingerprint density at radius 2 is 2.16 bits per heavy atom. The lowest BCUT2D eigenvalue weighted by Crippen LogP contribution is -2.39. The number of benzene rings is 1. The largest absolute Gasteiger partial charge is 0.475 e. The third kappa shape index (κ3) is 3.52. The van der Waals surface area contributed by atoms with Crippen molar-refractivity contribution < 1.29 is 32.9 Å². The van der Waals surface area contributed by atoms with Crippen molar-refractivity contribution in [2.24, 2.45) is 0 Å². The Kier molecular flexibility index (Phi) is 5.12. The number of nitro groups is 1. The number of ether oxygens (including phenoxy) is 1. The highest BCUT2D eigenvalue weighted by Gasteiger charge is 2.53. The number of hydrogen-bond donors (Lipinski definition) is 2. The van der Waals surface area contributed by atoms with Gasteiger partial charge >= 0.3 is 7.82 Å². The highest BCUT2D eigenvalue weighted by atomic mass is 31.2. The molecule has 0 saturated carbocycles. The molecule has 2 aromatic heterocycles. The standard InChI is InChI=1S/C17H17N6O8P/c18-15-12-16(20-7-19-15)22(8-21-12)17-13(24)14-11(30-17)6-29-32(27,31-14)28-5-9-3-1-2-4-10(9)23(25)26/h1-4,7-8,11,13-14,17,24H,5-6H2,(H2,18,19,20)/t11-,13-,14-,17-,32-/m1/s1. The van der Waals surface area contributed by atoms with Gasteiger partial charge in [0.25, 0.3) is 5.69 Å². The van der Waals surface area contributed by atoms with Crippen LogP contribution in [0.5, 0.6) is 0 Å². The molecule has 3 N–H and O–H groups in total. The Bertz CT molecular complexity index is 1240. The number of phosphoric ester groups is 1. The van der Waals surface area contributed by atoms with Crippen LogP contribution in [0, 0.1) is 10.1 Å². The first kappa shape index (κ1) is 20.9. The second kappa shape index (κ2) is 7.85. The number of aromatic nitrogens is 4. The van der Waals surface area contributed by atoms with E-state index in [2.05, 4.69) is 15.0 Å². The molecular weight excluding hydrogens is 447 g/mol. The minimum absolute atomic E-state index is 0.172. The quantitative estimate of drug-likeness (QED) is 0.314. The highest BCUT2D eigenvalue weighted by molar-refractivity contribution is 7.48. The van der Waals surface area contributed by atoms with Gasteiger partial charge < -0.3 is 15.6 Å². The minimum atomic E-state index is -4.13. The molecule has 168 valence electrons. The van der Waals surface area contributed by atoms with Gasteiger partial charge in [-0.2, -0.15) is 0 Å². The number of nitrogens with two attached hydrogens (primary N) is 1. The number of phosphoric acid groups is 1. The summed E-state index contributed by atoms with van der Waals surface area (Å²) in [5, 5.41) is 22.0. The lowest BCUT2D eigenvalue weighted by molar-refractivity contribution is -0.385. The number of imidazole rings is 1.